The monoisotopic (exact) mass is 388 g/mol. The van der Waals surface area contributed by atoms with Gasteiger partial charge in [-0.05, 0) is 32.4 Å². The quantitative estimate of drug-likeness (QED) is 0.866. The molecule has 28 heavy (non-hydrogen) atoms. The van der Waals surface area contributed by atoms with E-state index >= 15 is 0 Å². The lowest BCUT2D eigenvalue weighted by Gasteiger charge is -2.41. The third-order valence-corrected chi connectivity index (χ3v) is 5.34. The number of halogens is 2. The summed E-state index contributed by atoms with van der Waals surface area (Å²) in [4.78, 5) is 2.35. The molecule has 2 aliphatic rings. The molecule has 0 aliphatic carbocycles. The normalized spacial score (nSPS) is 22.6. The predicted octanol–water partition coefficient (Wildman–Crippen LogP) is 3.70. The summed E-state index contributed by atoms with van der Waals surface area (Å²) in [6.45, 7) is 6.94. The van der Waals surface area contributed by atoms with Gasteiger partial charge in [-0.25, -0.2) is 8.78 Å². The summed E-state index contributed by atoms with van der Waals surface area (Å²) in [5, 5.41) is 3.57. The molecule has 2 aliphatic heterocycles. The Morgan fingerprint density at radius 2 is 2.04 bits per heavy atom. The summed E-state index contributed by atoms with van der Waals surface area (Å²) in [5.41, 5.74) is 1.74. The molecule has 150 valence electrons. The summed E-state index contributed by atoms with van der Waals surface area (Å²) >= 11 is 0. The largest absolute Gasteiger partial charge is 0.491 e. The molecule has 2 atom stereocenters. The summed E-state index contributed by atoms with van der Waals surface area (Å²) in [6.07, 6.45) is 0.690. The summed E-state index contributed by atoms with van der Waals surface area (Å²) in [7, 11) is 0. The molecule has 0 spiro atoms. The topological polar surface area (TPSA) is 33.7 Å². The smallest absolute Gasteiger partial charge is 0.168 e. The van der Waals surface area contributed by atoms with E-state index in [1.165, 1.54) is 6.07 Å². The van der Waals surface area contributed by atoms with Crippen LogP contribution in [0.2, 0.25) is 0 Å². The van der Waals surface area contributed by atoms with Crippen molar-refractivity contribution < 1.29 is 18.3 Å². The van der Waals surface area contributed by atoms with Gasteiger partial charge in [0.2, 0.25) is 0 Å². The van der Waals surface area contributed by atoms with Crippen LogP contribution in [0, 0.1) is 11.6 Å². The number of para-hydroxylation sites is 1. The molecule has 1 N–H and O–H groups in total. The molecule has 0 saturated carbocycles. The minimum absolute atomic E-state index is 0.0940. The lowest BCUT2D eigenvalue weighted by molar-refractivity contribution is 0.0870. The van der Waals surface area contributed by atoms with Gasteiger partial charge in [-0.2, -0.15) is 0 Å². The number of nitrogens with zero attached hydrogens (tertiary/aromatic N) is 1. The van der Waals surface area contributed by atoms with Crippen molar-refractivity contribution in [1.82, 2.24) is 10.2 Å². The Balaban J connectivity index is 1.51. The highest BCUT2D eigenvalue weighted by molar-refractivity contribution is 5.39. The summed E-state index contributed by atoms with van der Waals surface area (Å²) in [6, 6.07) is 10.6. The first kappa shape index (κ1) is 19.2. The molecule has 0 bridgehead atoms. The van der Waals surface area contributed by atoms with Crippen molar-refractivity contribution in [3.05, 3.63) is 59.2 Å². The van der Waals surface area contributed by atoms with Crippen molar-refractivity contribution in [2.45, 2.75) is 38.5 Å². The van der Waals surface area contributed by atoms with Gasteiger partial charge < -0.3 is 14.8 Å². The number of benzene rings is 2. The van der Waals surface area contributed by atoms with E-state index < -0.39 is 11.6 Å². The van der Waals surface area contributed by atoms with E-state index in [9.17, 15) is 8.78 Å². The van der Waals surface area contributed by atoms with Crippen LogP contribution in [-0.2, 0) is 6.42 Å². The zero-order valence-corrected chi connectivity index (χ0v) is 16.3. The van der Waals surface area contributed by atoms with E-state index in [4.69, 9.17) is 9.47 Å². The van der Waals surface area contributed by atoms with Crippen LogP contribution in [0.5, 0.6) is 11.5 Å². The molecule has 0 unspecified atom stereocenters. The lowest BCUT2D eigenvalue weighted by atomic mass is 9.97. The predicted molar refractivity (Wildman–Crippen MR) is 104 cm³/mol. The molecule has 0 amide bonds. The first-order valence-electron chi connectivity index (χ1n) is 9.85. The van der Waals surface area contributed by atoms with Crippen LogP contribution < -0.4 is 14.8 Å². The number of nitrogens with one attached hydrogen (secondary N) is 1. The van der Waals surface area contributed by atoms with Gasteiger partial charge in [0.25, 0.3) is 0 Å². The van der Waals surface area contributed by atoms with Gasteiger partial charge in [-0.15, -0.1) is 0 Å². The molecule has 0 aromatic heterocycles. The van der Waals surface area contributed by atoms with Gasteiger partial charge in [0, 0.05) is 48.9 Å². The van der Waals surface area contributed by atoms with Gasteiger partial charge in [-0.3, -0.25) is 4.90 Å². The highest BCUT2D eigenvalue weighted by Crippen LogP contribution is 2.33. The van der Waals surface area contributed by atoms with Crippen LogP contribution in [-0.4, -0.2) is 43.3 Å². The second kappa shape index (κ2) is 8.05. The fourth-order valence-electron chi connectivity index (χ4n) is 4.10. The number of piperazine rings is 1. The lowest BCUT2D eigenvalue weighted by Crippen LogP contribution is -2.53. The van der Waals surface area contributed by atoms with Crippen LogP contribution in [0.1, 0.15) is 31.0 Å². The molecule has 4 nitrogen and oxygen atoms in total. The molecule has 4 rings (SSSR count). The maximum Gasteiger partial charge on any atom is 0.168 e. The van der Waals surface area contributed by atoms with Crippen molar-refractivity contribution in [2.24, 2.45) is 0 Å². The van der Waals surface area contributed by atoms with Crippen LogP contribution >= 0.6 is 0 Å². The van der Waals surface area contributed by atoms with Gasteiger partial charge in [0.05, 0.1) is 6.10 Å². The second-order valence-corrected chi connectivity index (χ2v) is 7.75. The molecule has 0 radical (unpaired) electrons. The minimum Gasteiger partial charge on any atom is -0.491 e. The van der Waals surface area contributed by atoms with Crippen molar-refractivity contribution in [3.8, 4) is 11.5 Å². The standard InChI is InChI=1S/C22H26F2N2O2/c1-14(2)28-21-6-4-3-5-18(21)20-12-26(8-7-25-20)17-10-15-9-16(23)11-19(24)22(15)27-13-17/h3-6,9,11,14,17,20,25H,7-8,10,12-13H2,1-2H3/t17-,20+/m1/s1. The van der Waals surface area contributed by atoms with Crippen LogP contribution in [0.4, 0.5) is 8.78 Å². The van der Waals surface area contributed by atoms with E-state index in [2.05, 4.69) is 16.3 Å². The Labute approximate surface area is 164 Å². The first-order chi connectivity index (χ1) is 13.5. The van der Waals surface area contributed by atoms with Crippen molar-refractivity contribution in [1.29, 1.82) is 0 Å². The molecule has 6 heteroatoms. The molecular weight excluding hydrogens is 362 g/mol. The van der Waals surface area contributed by atoms with E-state index in [0.29, 0.717) is 18.6 Å². The average Bonchev–Trinajstić information content (AvgIpc) is 2.67. The molecule has 1 fully saturated rings. The van der Waals surface area contributed by atoms with Crippen molar-refractivity contribution in [3.63, 3.8) is 0 Å². The number of ether oxygens (including phenoxy) is 2. The summed E-state index contributed by atoms with van der Waals surface area (Å²) < 4.78 is 39.2. The second-order valence-electron chi connectivity index (χ2n) is 7.75. The number of hydrogen-bond acceptors (Lipinski definition) is 4. The van der Waals surface area contributed by atoms with Crippen LogP contribution in [0.3, 0.4) is 0 Å². The van der Waals surface area contributed by atoms with Gasteiger partial charge in [0.1, 0.15) is 18.2 Å². The Bertz CT molecular complexity index is 843. The number of hydrogen-bond donors (Lipinski definition) is 1. The minimum atomic E-state index is -0.619. The van der Waals surface area contributed by atoms with Crippen LogP contribution in [0.15, 0.2) is 36.4 Å². The Morgan fingerprint density at radius 3 is 2.86 bits per heavy atom. The van der Waals surface area contributed by atoms with E-state index in [1.54, 1.807) is 0 Å². The zero-order valence-electron chi connectivity index (χ0n) is 16.3. The molecule has 1 saturated heterocycles. The van der Waals surface area contributed by atoms with E-state index in [-0.39, 0.29) is 23.9 Å². The third-order valence-electron chi connectivity index (χ3n) is 5.34. The summed E-state index contributed by atoms with van der Waals surface area (Å²) in [5.74, 6) is -0.0870. The third kappa shape index (κ3) is 3.98. The molecule has 2 heterocycles. The first-order valence-corrected chi connectivity index (χ1v) is 9.85. The fraction of sp³-hybridized carbons (Fsp3) is 0.455. The van der Waals surface area contributed by atoms with Gasteiger partial charge in [0.15, 0.2) is 11.6 Å². The van der Waals surface area contributed by atoms with E-state index in [0.717, 1.165) is 37.0 Å². The maximum atomic E-state index is 13.9. The van der Waals surface area contributed by atoms with Gasteiger partial charge in [-0.1, -0.05) is 18.2 Å². The molecule has 2 aromatic rings. The number of rotatable bonds is 4. The van der Waals surface area contributed by atoms with Crippen molar-refractivity contribution >= 4 is 0 Å². The van der Waals surface area contributed by atoms with Crippen LogP contribution in [0.25, 0.3) is 0 Å². The maximum absolute atomic E-state index is 13.9. The molecule has 2 aromatic carbocycles. The highest BCUT2D eigenvalue weighted by Gasteiger charge is 2.32. The SMILES string of the molecule is CC(C)Oc1ccccc1[C@@H]1CN([C@H]2COc3c(F)cc(F)cc3C2)CCN1. The zero-order chi connectivity index (χ0) is 19.7. The van der Waals surface area contributed by atoms with Crippen molar-refractivity contribution in [2.75, 3.05) is 26.2 Å². The molecular formula is C22H26F2N2O2. The number of fused-ring (bicyclic) bond motifs is 1. The van der Waals surface area contributed by atoms with Gasteiger partial charge >= 0.3 is 0 Å². The Kier molecular flexibility index (Phi) is 5.51. The van der Waals surface area contributed by atoms with E-state index in [1.807, 2.05) is 32.0 Å². The Morgan fingerprint density at radius 1 is 1.21 bits per heavy atom. The average molecular weight is 388 g/mol. The highest BCUT2D eigenvalue weighted by atomic mass is 19.1. The Hall–Kier alpha value is -2.18. The fourth-order valence-corrected chi connectivity index (χ4v) is 4.10.